The molecule has 1 rings (SSSR count). The van der Waals surface area contributed by atoms with Gasteiger partial charge in [-0.2, -0.15) is 25.3 Å². The van der Waals surface area contributed by atoms with Crippen molar-refractivity contribution in [2.45, 2.75) is 35.4 Å². The van der Waals surface area contributed by atoms with E-state index in [0.717, 1.165) is 12.8 Å². The molecule has 0 aromatic carbocycles. The highest BCUT2D eigenvalue weighted by molar-refractivity contribution is 7.82. The third kappa shape index (κ3) is 1.81. The number of hydrogen-bond acceptors (Lipinski definition) is 4. The normalized spacial score (nSPS) is 49.2. The maximum atomic E-state index is 5.74. The van der Waals surface area contributed by atoms with E-state index in [-0.39, 0.29) is 22.6 Å². The van der Waals surface area contributed by atoms with E-state index in [1.807, 2.05) is 0 Å². The SMILES string of the molecule is NC1CC(N)C(S)CC1S. The minimum atomic E-state index is 0.154. The second kappa shape index (κ2) is 3.34. The second-order valence-corrected chi connectivity index (χ2v) is 4.26. The summed E-state index contributed by atoms with van der Waals surface area (Å²) in [6.07, 6.45) is 1.77. The van der Waals surface area contributed by atoms with Gasteiger partial charge in [0.15, 0.2) is 0 Å². The molecule has 60 valence electrons. The molecule has 0 heterocycles. The summed E-state index contributed by atoms with van der Waals surface area (Å²) in [5.74, 6) is 0. The van der Waals surface area contributed by atoms with Crippen LogP contribution in [0.4, 0.5) is 0 Å². The lowest BCUT2D eigenvalue weighted by atomic mass is 9.91. The Morgan fingerprint density at radius 1 is 0.900 bits per heavy atom. The van der Waals surface area contributed by atoms with Crippen LogP contribution >= 0.6 is 25.3 Å². The van der Waals surface area contributed by atoms with Gasteiger partial charge in [-0.05, 0) is 12.8 Å². The molecule has 4 unspecified atom stereocenters. The molecule has 4 atom stereocenters. The highest BCUT2D eigenvalue weighted by Gasteiger charge is 2.29. The molecule has 1 aliphatic rings. The van der Waals surface area contributed by atoms with Gasteiger partial charge in [0.25, 0.3) is 0 Å². The summed E-state index contributed by atoms with van der Waals surface area (Å²) in [5.41, 5.74) is 11.5. The van der Waals surface area contributed by atoms with Crippen LogP contribution in [0.1, 0.15) is 12.8 Å². The fraction of sp³-hybridized carbons (Fsp3) is 1.00. The smallest absolute Gasteiger partial charge is 0.0180 e. The standard InChI is InChI=1S/C6H14N2S2/c7-3-1-4(8)6(10)2-5(3)9/h3-6,9-10H,1-2,7-8H2. The van der Waals surface area contributed by atoms with Crippen molar-refractivity contribution in [1.29, 1.82) is 0 Å². The molecule has 0 radical (unpaired) electrons. The Bertz CT molecular complexity index is 94.3. The Balaban J connectivity index is 2.46. The topological polar surface area (TPSA) is 52.0 Å². The maximum absolute atomic E-state index is 5.74. The number of nitrogens with two attached hydrogens (primary N) is 2. The van der Waals surface area contributed by atoms with Crippen molar-refractivity contribution >= 4 is 25.3 Å². The molecule has 1 aliphatic carbocycles. The van der Waals surface area contributed by atoms with Crippen molar-refractivity contribution in [2.75, 3.05) is 0 Å². The molecule has 10 heavy (non-hydrogen) atoms. The van der Waals surface area contributed by atoms with Gasteiger partial charge in [0.2, 0.25) is 0 Å². The van der Waals surface area contributed by atoms with Gasteiger partial charge in [-0.25, -0.2) is 0 Å². The maximum Gasteiger partial charge on any atom is 0.0180 e. The molecule has 0 aromatic heterocycles. The van der Waals surface area contributed by atoms with E-state index in [4.69, 9.17) is 11.5 Å². The first-order valence-corrected chi connectivity index (χ1v) is 4.52. The molecule has 2 nitrogen and oxygen atoms in total. The lowest BCUT2D eigenvalue weighted by molar-refractivity contribution is 0.415. The summed E-state index contributed by atoms with van der Waals surface area (Å²) < 4.78 is 0. The molecule has 0 saturated heterocycles. The summed E-state index contributed by atoms with van der Waals surface area (Å²) in [7, 11) is 0. The van der Waals surface area contributed by atoms with Crippen molar-refractivity contribution in [3.05, 3.63) is 0 Å². The minimum absolute atomic E-state index is 0.154. The zero-order chi connectivity index (χ0) is 7.72. The van der Waals surface area contributed by atoms with Crippen LogP contribution in [0.2, 0.25) is 0 Å². The predicted octanol–water partition coefficient (Wildman–Crippen LogP) is 0.0316. The van der Waals surface area contributed by atoms with Gasteiger partial charge in [0, 0.05) is 22.6 Å². The van der Waals surface area contributed by atoms with E-state index in [2.05, 4.69) is 25.3 Å². The van der Waals surface area contributed by atoms with Crippen molar-refractivity contribution in [3.63, 3.8) is 0 Å². The van der Waals surface area contributed by atoms with Gasteiger partial charge in [-0.15, -0.1) is 0 Å². The molecule has 0 spiro atoms. The van der Waals surface area contributed by atoms with Crippen molar-refractivity contribution < 1.29 is 0 Å². The fourth-order valence-corrected chi connectivity index (χ4v) is 2.09. The number of thiol groups is 2. The van der Waals surface area contributed by atoms with Crippen LogP contribution in [0, 0.1) is 0 Å². The summed E-state index contributed by atoms with van der Waals surface area (Å²) >= 11 is 8.65. The van der Waals surface area contributed by atoms with E-state index in [1.54, 1.807) is 0 Å². The van der Waals surface area contributed by atoms with E-state index < -0.39 is 0 Å². The molecule has 1 saturated carbocycles. The van der Waals surface area contributed by atoms with Crippen molar-refractivity contribution in [2.24, 2.45) is 11.5 Å². The van der Waals surface area contributed by atoms with Crippen LogP contribution in [-0.2, 0) is 0 Å². The summed E-state index contributed by atoms with van der Waals surface area (Å²) in [6.45, 7) is 0. The molecule has 0 bridgehead atoms. The Hall–Kier alpha value is 0.620. The zero-order valence-corrected chi connectivity index (χ0v) is 7.56. The largest absolute Gasteiger partial charge is 0.327 e. The van der Waals surface area contributed by atoms with Gasteiger partial charge in [-0.3, -0.25) is 0 Å². The van der Waals surface area contributed by atoms with Crippen molar-refractivity contribution in [1.82, 2.24) is 0 Å². The lowest BCUT2D eigenvalue weighted by Gasteiger charge is -2.33. The van der Waals surface area contributed by atoms with Crippen LogP contribution in [-0.4, -0.2) is 22.6 Å². The van der Waals surface area contributed by atoms with E-state index in [9.17, 15) is 0 Å². The Morgan fingerprint density at radius 2 is 1.30 bits per heavy atom. The highest BCUT2D eigenvalue weighted by atomic mass is 32.1. The zero-order valence-electron chi connectivity index (χ0n) is 5.77. The fourth-order valence-electron chi connectivity index (χ4n) is 1.23. The summed E-state index contributed by atoms with van der Waals surface area (Å²) in [4.78, 5) is 0. The van der Waals surface area contributed by atoms with E-state index >= 15 is 0 Å². The quantitative estimate of drug-likeness (QED) is 0.396. The molecular formula is C6H14N2S2. The Kier molecular flexibility index (Phi) is 2.91. The average molecular weight is 178 g/mol. The number of rotatable bonds is 0. The minimum Gasteiger partial charge on any atom is -0.327 e. The highest BCUT2D eigenvalue weighted by Crippen LogP contribution is 2.24. The van der Waals surface area contributed by atoms with E-state index in [0.29, 0.717) is 0 Å². The molecule has 1 fully saturated rings. The molecule has 4 N–H and O–H groups in total. The van der Waals surface area contributed by atoms with Gasteiger partial charge in [0.05, 0.1) is 0 Å². The van der Waals surface area contributed by atoms with Gasteiger partial charge in [-0.1, -0.05) is 0 Å². The molecule has 0 amide bonds. The second-order valence-electron chi connectivity index (χ2n) is 2.93. The van der Waals surface area contributed by atoms with E-state index in [1.165, 1.54) is 0 Å². The van der Waals surface area contributed by atoms with Gasteiger partial charge >= 0.3 is 0 Å². The Morgan fingerprint density at radius 3 is 1.60 bits per heavy atom. The summed E-state index contributed by atoms with van der Waals surface area (Å²) in [5, 5.41) is 0.560. The monoisotopic (exact) mass is 178 g/mol. The van der Waals surface area contributed by atoms with Gasteiger partial charge < -0.3 is 11.5 Å². The average Bonchev–Trinajstić information content (AvgIpc) is 1.84. The molecular weight excluding hydrogens is 164 g/mol. The third-order valence-corrected chi connectivity index (χ3v) is 3.20. The third-order valence-electron chi connectivity index (χ3n) is 2.02. The van der Waals surface area contributed by atoms with Gasteiger partial charge in [0.1, 0.15) is 0 Å². The predicted molar refractivity (Wildman–Crippen MR) is 50.7 cm³/mol. The first-order chi connectivity index (χ1) is 4.61. The Labute approximate surface area is 72.5 Å². The number of hydrogen-bond donors (Lipinski definition) is 4. The summed E-state index contributed by atoms with van der Waals surface area (Å²) in [6, 6.07) is 0.309. The molecule has 0 aromatic rings. The van der Waals surface area contributed by atoms with Crippen LogP contribution < -0.4 is 11.5 Å². The first-order valence-electron chi connectivity index (χ1n) is 3.48. The first kappa shape index (κ1) is 8.71. The van der Waals surface area contributed by atoms with Crippen LogP contribution in [0.15, 0.2) is 0 Å². The van der Waals surface area contributed by atoms with Crippen LogP contribution in [0.25, 0.3) is 0 Å². The molecule has 0 aliphatic heterocycles. The van der Waals surface area contributed by atoms with Crippen molar-refractivity contribution in [3.8, 4) is 0 Å². The van der Waals surface area contributed by atoms with Crippen LogP contribution in [0.5, 0.6) is 0 Å². The lowest BCUT2D eigenvalue weighted by Crippen LogP contribution is -2.48. The molecule has 4 heteroatoms. The van der Waals surface area contributed by atoms with Crippen LogP contribution in [0.3, 0.4) is 0 Å².